The minimum atomic E-state index is -0.310. The second-order valence-corrected chi connectivity index (χ2v) is 33.6. The summed E-state index contributed by atoms with van der Waals surface area (Å²) in [7, 11) is 0. The highest BCUT2D eigenvalue weighted by atomic mass is 16.2. The molecular formula is C108H50N12O6. The van der Waals surface area contributed by atoms with Gasteiger partial charge in [0.25, 0.3) is 33.4 Å². The monoisotopic (exact) mass is 1610 g/mol. The summed E-state index contributed by atoms with van der Waals surface area (Å²) in [5.41, 5.74) is 16.3. The van der Waals surface area contributed by atoms with Gasteiger partial charge in [0.05, 0.1) is 71.6 Å². The number of imidazole rings is 6. The van der Waals surface area contributed by atoms with Crippen LogP contribution in [0.2, 0.25) is 0 Å². The van der Waals surface area contributed by atoms with E-state index >= 15 is 24.0 Å². The Morgan fingerprint density at radius 2 is 0.452 bits per heavy atom. The Morgan fingerprint density at radius 3 is 0.960 bits per heavy atom. The van der Waals surface area contributed by atoms with Crippen LogP contribution in [-0.4, -0.2) is 56.3 Å². The van der Waals surface area contributed by atoms with Crippen LogP contribution in [0.1, 0.15) is 0 Å². The zero-order valence-electron chi connectivity index (χ0n) is 65.7. The third-order valence-corrected chi connectivity index (χ3v) is 27.5. The van der Waals surface area contributed by atoms with Gasteiger partial charge in [-0.3, -0.25) is 55.2 Å². The molecule has 0 aliphatic carbocycles. The van der Waals surface area contributed by atoms with Crippen molar-refractivity contribution >= 4 is 229 Å². The molecule has 18 aromatic carbocycles. The first-order valence-corrected chi connectivity index (χ1v) is 41.7. The molecule has 0 radical (unpaired) electrons. The number of rotatable bonds is 5. The van der Waals surface area contributed by atoms with E-state index in [-0.39, 0.29) is 33.4 Å². The molecule has 0 bridgehead atoms. The van der Waals surface area contributed by atoms with Crippen molar-refractivity contribution in [2.75, 3.05) is 0 Å². The zero-order valence-corrected chi connectivity index (χ0v) is 65.7. The largest absolute Gasteiger partial charge is 0.268 e. The van der Waals surface area contributed by atoms with Crippen molar-refractivity contribution in [1.29, 1.82) is 0 Å². The van der Waals surface area contributed by atoms with Crippen LogP contribution in [0.3, 0.4) is 0 Å². The Morgan fingerprint density at radius 1 is 0.159 bits per heavy atom. The predicted octanol–water partition coefficient (Wildman–Crippen LogP) is 21.5. The van der Waals surface area contributed by atoms with E-state index in [4.69, 9.17) is 29.9 Å². The lowest BCUT2D eigenvalue weighted by atomic mass is 9.82. The Balaban J connectivity index is 0.755. The van der Waals surface area contributed by atoms with E-state index in [9.17, 15) is 4.79 Å². The van der Waals surface area contributed by atoms with E-state index in [2.05, 4.69) is 72.8 Å². The molecule has 578 valence electrons. The molecule has 0 aliphatic rings. The normalized spacial score (nSPS) is 12.8. The molecule has 30 aromatic rings. The summed E-state index contributed by atoms with van der Waals surface area (Å²) in [6.45, 7) is 0. The van der Waals surface area contributed by atoms with Crippen molar-refractivity contribution in [3.05, 3.63) is 365 Å². The SMILES string of the molecule is O=c1c2cccc3cc(-c4cc(-c5cc(-c6ccc7c8c6cc(-c6cc9c(-c%10ccc%11c(=O)n%12c%13ccccc%13nc%12c%12cccc%10c%11%12)ccc%10c(=O)n%11c%12ccccc%12nc%11c(c6)c9%10)cc8c(=O)n6c8ccccc8nc76)c6cccc7c(=O)n8c9ccccc9nc8c5c67)c5c(=O)n6c7ccccc7nc6c6cccc4c56)cc(c32)c2nc3ccccc3n12. The molecule has 12 heterocycles. The zero-order chi connectivity index (χ0) is 82.5. The third kappa shape index (κ3) is 8.03. The summed E-state index contributed by atoms with van der Waals surface area (Å²) in [6.07, 6.45) is 0. The van der Waals surface area contributed by atoms with E-state index in [0.717, 1.165) is 76.2 Å². The van der Waals surface area contributed by atoms with E-state index < -0.39 is 0 Å². The van der Waals surface area contributed by atoms with Crippen LogP contribution >= 0.6 is 0 Å². The van der Waals surface area contributed by atoms with Gasteiger partial charge in [0.15, 0.2) is 0 Å². The van der Waals surface area contributed by atoms with E-state index in [1.165, 1.54) is 0 Å². The number of nitrogens with zero attached hydrogens (tertiary/aromatic N) is 12. The Kier molecular flexibility index (Phi) is 12.0. The number of aromatic nitrogens is 12. The Bertz CT molecular complexity index is 10900. The first-order valence-electron chi connectivity index (χ1n) is 41.7. The van der Waals surface area contributed by atoms with Crippen LogP contribution in [0.25, 0.3) is 285 Å². The van der Waals surface area contributed by atoms with E-state index in [1.54, 1.807) is 26.4 Å². The first-order chi connectivity index (χ1) is 62.0. The first kappa shape index (κ1) is 66.2. The lowest BCUT2D eigenvalue weighted by Crippen LogP contribution is -2.16. The number of hydrogen-bond donors (Lipinski definition) is 0. The molecule has 0 spiro atoms. The van der Waals surface area contributed by atoms with Crippen molar-refractivity contribution in [2.24, 2.45) is 0 Å². The average Bonchev–Trinajstić information content (AvgIpc) is 1.23. The van der Waals surface area contributed by atoms with Gasteiger partial charge in [0, 0.05) is 91.6 Å². The maximum absolute atomic E-state index is 17.1. The van der Waals surface area contributed by atoms with Gasteiger partial charge in [-0.1, -0.05) is 152 Å². The fourth-order valence-electron chi connectivity index (χ4n) is 22.3. The maximum Gasteiger partial charge on any atom is 0.265 e. The van der Waals surface area contributed by atoms with Crippen molar-refractivity contribution < 1.29 is 0 Å². The lowest BCUT2D eigenvalue weighted by molar-refractivity contribution is 1.19. The van der Waals surface area contributed by atoms with Gasteiger partial charge < -0.3 is 0 Å². The summed E-state index contributed by atoms with van der Waals surface area (Å²) in [6, 6.07) is 99.0. The Labute approximate surface area is 702 Å². The Hall–Kier alpha value is -17.6. The van der Waals surface area contributed by atoms with Gasteiger partial charge in [0.2, 0.25) is 0 Å². The molecule has 30 rings (SSSR count). The molecule has 126 heavy (non-hydrogen) atoms. The summed E-state index contributed by atoms with van der Waals surface area (Å²) in [5.74, 6) is 0. The second-order valence-electron chi connectivity index (χ2n) is 33.6. The molecule has 12 aromatic heterocycles. The van der Waals surface area contributed by atoms with Crippen molar-refractivity contribution in [3.63, 3.8) is 0 Å². The fourth-order valence-corrected chi connectivity index (χ4v) is 22.3. The predicted molar refractivity (Wildman–Crippen MR) is 506 cm³/mol. The topological polar surface area (TPSA) is 206 Å². The summed E-state index contributed by atoms with van der Waals surface area (Å²) in [4.78, 5) is 127. The van der Waals surface area contributed by atoms with Crippen LogP contribution < -0.4 is 33.4 Å². The quantitative estimate of drug-likeness (QED) is 0.158. The smallest absolute Gasteiger partial charge is 0.265 e. The third-order valence-electron chi connectivity index (χ3n) is 27.5. The molecule has 0 fully saturated rings. The van der Waals surface area contributed by atoms with E-state index in [0.29, 0.717) is 209 Å². The number of hydrogen-bond acceptors (Lipinski definition) is 12. The van der Waals surface area contributed by atoms with Crippen LogP contribution in [0.4, 0.5) is 0 Å². The molecule has 0 atom stereocenters. The number of fused-ring (bicyclic) bond motifs is 24. The molecular weight excluding hydrogens is 1560 g/mol. The summed E-state index contributed by atoms with van der Waals surface area (Å²) < 4.78 is 10.3. The van der Waals surface area contributed by atoms with Crippen LogP contribution in [0.15, 0.2) is 332 Å². The van der Waals surface area contributed by atoms with Gasteiger partial charge in [-0.15, -0.1) is 0 Å². The highest BCUT2D eigenvalue weighted by Gasteiger charge is 2.32. The summed E-state index contributed by atoms with van der Waals surface area (Å²) in [5, 5.41) is 15.8. The summed E-state index contributed by atoms with van der Waals surface area (Å²) >= 11 is 0. The highest BCUT2D eigenvalue weighted by molar-refractivity contribution is 6.33. The van der Waals surface area contributed by atoms with Crippen molar-refractivity contribution in [2.45, 2.75) is 0 Å². The van der Waals surface area contributed by atoms with Crippen molar-refractivity contribution in [1.82, 2.24) is 56.3 Å². The van der Waals surface area contributed by atoms with Crippen molar-refractivity contribution in [3.8, 4) is 55.6 Å². The van der Waals surface area contributed by atoms with Gasteiger partial charge in [-0.25, -0.2) is 29.9 Å². The minimum absolute atomic E-state index is 0.171. The van der Waals surface area contributed by atoms with Crippen LogP contribution in [-0.2, 0) is 0 Å². The van der Waals surface area contributed by atoms with Gasteiger partial charge >= 0.3 is 0 Å². The molecule has 0 saturated carbocycles. The van der Waals surface area contributed by atoms with Crippen LogP contribution in [0.5, 0.6) is 0 Å². The number of pyridine rings is 6. The van der Waals surface area contributed by atoms with Gasteiger partial charge in [0.1, 0.15) is 33.9 Å². The number of benzene rings is 18. The van der Waals surface area contributed by atoms with E-state index in [1.807, 2.05) is 231 Å². The molecule has 0 saturated heterocycles. The minimum Gasteiger partial charge on any atom is -0.268 e. The van der Waals surface area contributed by atoms with Gasteiger partial charge in [-0.05, 0) is 240 Å². The molecule has 0 amide bonds. The molecule has 0 unspecified atom stereocenters. The molecule has 0 N–H and O–H groups in total. The fraction of sp³-hybridized carbons (Fsp3) is 0. The van der Waals surface area contributed by atoms with Gasteiger partial charge in [-0.2, -0.15) is 0 Å². The maximum atomic E-state index is 17.1. The lowest BCUT2D eigenvalue weighted by Gasteiger charge is -2.21. The second kappa shape index (κ2) is 22.9. The standard InChI is InChI=1S/C108H50N12O6/c121-103-64-23-13-17-51-43-54(48-74(89(51)64)100-112-79-27-3-9-33-85(79)117(100)103)68-49-73(96-93-59(68)19-15-22-62(93)98-110-81-29-5-11-35-87(81)119(98)108(96)126)72-50-69(60-20-16-24-65-94(60)95(72)102-114-82-30-6-12-36-88(82)120(102)104(65)122)57-37-40-63-91-71(57)45-53(47-76(91)107(125)116-84-32-8-2-26-78(84)111-99(63)116)52-44-70-56(39-42-67-92(70)75(46-52)101-113-80-28-4-10-34-86(80)118(101)106(67)124)55-38-41-66-90-58(55)18-14-21-61(90)97-109-77-25-1-7-31-83(77)115(97)105(66)123/h1-50H. The highest BCUT2D eigenvalue weighted by Crippen LogP contribution is 2.52. The molecule has 18 heteroatoms. The molecule has 18 nitrogen and oxygen atoms in total. The van der Waals surface area contributed by atoms with Crippen LogP contribution in [0, 0.1) is 0 Å². The average molecular weight is 1610 g/mol. The number of para-hydroxylation sites is 12. The molecule has 0 aliphatic heterocycles.